The maximum atomic E-state index is 12.6. The van der Waals surface area contributed by atoms with Crippen molar-refractivity contribution >= 4 is 5.78 Å². The van der Waals surface area contributed by atoms with Crippen molar-refractivity contribution in [2.45, 2.75) is 6.92 Å². The summed E-state index contributed by atoms with van der Waals surface area (Å²) in [5.41, 5.74) is 3.01. The zero-order chi connectivity index (χ0) is 11.5. The Kier molecular flexibility index (Phi) is 2.82. The average Bonchev–Trinajstić information content (AvgIpc) is 2.24. The van der Waals surface area contributed by atoms with E-state index in [0.717, 1.165) is 0 Å². The van der Waals surface area contributed by atoms with Crippen molar-refractivity contribution in [1.29, 1.82) is 0 Å². The highest BCUT2D eigenvalue weighted by atomic mass is 19.1. The van der Waals surface area contributed by atoms with E-state index in [0.29, 0.717) is 0 Å². The topological polar surface area (TPSA) is 17.1 Å². The van der Waals surface area contributed by atoms with Gasteiger partial charge in [0.2, 0.25) is 0 Å². The van der Waals surface area contributed by atoms with Gasteiger partial charge in [-0.15, -0.1) is 0 Å². The van der Waals surface area contributed by atoms with Crippen LogP contribution in [0.5, 0.6) is 0 Å². The molecule has 80 valence electrons. The Balaban J connectivity index is 0.000000134. The molecule has 1 aromatic rings. The van der Waals surface area contributed by atoms with E-state index in [1.54, 1.807) is 12.1 Å². The van der Waals surface area contributed by atoms with Crippen LogP contribution in [0.1, 0.15) is 17.3 Å². The van der Waals surface area contributed by atoms with Gasteiger partial charge in [0.15, 0.2) is 5.78 Å². The first-order valence-electron chi connectivity index (χ1n) is 5.04. The predicted octanol–water partition coefficient (Wildman–Crippen LogP) is 3.70. The van der Waals surface area contributed by atoms with Gasteiger partial charge >= 0.3 is 0 Å². The third-order valence-corrected chi connectivity index (χ3v) is 2.47. The molecule has 2 aliphatic rings. The van der Waals surface area contributed by atoms with Crippen molar-refractivity contribution in [1.82, 2.24) is 0 Å². The van der Waals surface area contributed by atoms with Gasteiger partial charge in [-0.3, -0.25) is 4.79 Å². The van der Waals surface area contributed by atoms with E-state index < -0.39 is 5.82 Å². The molecule has 0 spiro atoms. The van der Waals surface area contributed by atoms with Crippen molar-refractivity contribution in [3.8, 4) is 11.1 Å². The summed E-state index contributed by atoms with van der Waals surface area (Å²) in [6.07, 6.45) is 0. The summed E-state index contributed by atoms with van der Waals surface area (Å²) in [4.78, 5) is 10.6. The molecule has 1 aromatic carbocycles. The number of carbonyl (C=O) groups excluding carboxylic acids is 1. The molecule has 16 heavy (non-hydrogen) atoms. The third kappa shape index (κ3) is 2.01. The zero-order valence-electron chi connectivity index (χ0n) is 8.91. The smallest absolute Gasteiger partial charge is 0.162 e. The summed E-state index contributed by atoms with van der Waals surface area (Å²) < 4.78 is 12.6. The van der Waals surface area contributed by atoms with Gasteiger partial charge in [-0.2, -0.15) is 0 Å². The third-order valence-electron chi connectivity index (χ3n) is 2.47. The summed E-state index contributed by atoms with van der Waals surface area (Å²) >= 11 is 0. The van der Waals surface area contributed by atoms with Gasteiger partial charge in [0.25, 0.3) is 0 Å². The van der Waals surface area contributed by atoms with E-state index in [1.807, 2.05) is 0 Å². The number of benzene rings is 2. The van der Waals surface area contributed by atoms with Crippen LogP contribution >= 0.6 is 0 Å². The molecule has 0 heterocycles. The molecule has 2 heteroatoms. The molecule has 0 N–H and O–H groups in total. The van der Waals surface area contributed by atoms with Crippen molar-refractivity contribution in [2.75, 3.05) is 0 Å². The van der Waals surface area contributed by atoms with E-state index in [1.165, 1.54) is 30.2 Å². The Bertz CT molecular complexity index is 494. The first-order valence-corrected chi connectivity index (χ1v) is 5.04. The summed E-state index contributed by atoms with van der Waals surface area (Å²) in [5, 5.41) is 0. The number of Topliss-reactive ketones (excluding diaryl/α,β-unsaturated/α-hetero) is 1. The fraction of sp³-hybridized carbons (Fsp3) is 0.0714. The predicted molar refractivity (Wildman–Crippen MR) is 61.8 cm³/mol. The van der Waals surface area contributed by atoms with Crippen LogP contribution in [0.25, 0.3) is 11.1 Å². The number of carbonyl (C=O) groups is 1. The van der Waals surface area contributed by atoms with E-state index in [9.17, 15) is 9.18 Å². The number of ketones is 1. The Morgan fingerprint density at radius 3 is 1.69 bits per heavy atom. The quantitative estimate of drug-likeness (QED) is 0.564. The van der Waals surface area contributed by atoms with Gasteiger partial charge in [-0.05, 0) is 30.2 Å². The first-order chi connectivity index (χ1) is 7.68. The lowest BCUT2D eigenvalue weighted by atomic mass is 9.95. The lowest BCUT2D eigenvalue weighted by molar-refractivity contribution is 0.101. The Labute approximate surface area is 93.5 Å². The maximum Gasteiger partial charge on any atom is 0.162 e. The van der Waals surface area contributed by atoms with Crippen LogP contribution in [0.2, 0.25) is 0 Å². The van der Waals surface area contributed by atoms with Gasteiger partial charge in [-0.1, -0.05) is 36.4 Å². The molecule has 0 fully saturated rings. The van der Waals surface area contributed by atoms with Crippen LogP contribution in [0.3, 0.4) is 0 Å². The largest absolute Gasteiger partial charge is 0.294 e. The second-order valence-electron chi connectivity index (χ2n) is 3.61. The molecule has 0 bridgehead atoms. The van der Waals surface area contributed by atoms with Crippen LogP contribution in [0.4, 0.5) is 4.39 Å². The summed E-state index contributed by atoms with van der Waals surface area (Å²) in [5.74, 6) is -0.687. The fourth-order valence-electron chi connectivity index (χ4n) is 1.41. The van der Waals surface area contributed by atoms with Crippen molar-refractivity contribution in [3.05, 3.63) is 59.9 Å². The number of hydrogen-bond donors (Lipinski definition) is 0. The standard InChI is InChI=1S/C8H7FO.C6H4/c1-6(10)7-4-2-3-5-8(7)9;1-2-6-4-3-5(1)6/h2-5H,1H3;1-4H. The SMILES string of the molecule is CC(=O)c1ccccc1F.c1cc2ccc1-2. The van der Waals surface area contributed by atoms with E-state index in [4.69, 9.17) is 0 Å². The zero-order valence-corrected chi connectivity index (χ0v) is 8.91. The first kappa shape index (κ1) is 10.6. The molecule has 1 nitrogen and oxygen atoms in total. The number of fused-ring (bicyclic) bond motifs is 1. The van der Waals surface area contributed by atoms with Crippen molar-refractivity contribution < 1.29 is 9.18 Å². The van der Waals surface area contributed by atoms with Crippen molar-refractivity contribution in [3.63, 3.8) is 0 Å². The summed E-state index contributed by atoms with van der Waals surface area (Å²) in [7, 11) is 0. The Morgan fingerprint density at radius 1 is 0.938 bits per heavy atom. The Morgan fingerprint density at radius 2 is 1.44 bits per heavy atom. The molecule has 0 unspecified atom stereocenters. The number of rotatable bonds is 1. The summed E-state index contributed by atoms with van der Waals surface area (Å²) in [6.45, 7) is 1.35. The van der Waals surface area contributed by atoms with Crippen molar-refractivity contribution in [2.24, 2.45) is 0 Å². The minimum Gasteiger partial charge on any atom is -0.294 e. The molecular weight excluding hydrogens is 203 g/mol. The monoisotopic (exact) mass is 214 g/mol. The molecule has 2 aliphatic carbocycles. The van der Waals surface area contributed by atoms with E-state index in [2.05, 4.69) is 24.3 Å². The van der Waals surface area contributed by atoms with Crippen LogP contribution in [-0.4, -0.2) is 5.78 Å². The lowest BCUT2D eigenvalue weighted by Gasteiger charge is -2.10. The summed E-state index contributed by atoms with van der Waals surface area (Å²) in [6, 6.07) is 14.4. The molecule has 3 rings (SSSR count). The van der Waals surface area contributed by atoms with Crippen LogP contribution < -0.4 is 0 Å². The lowest BCUT2D eigenvalue weighted by Crippen LogP contribution is -1.94. The highest BCUT2D eigenvalue weighted by Crippen LogP contribution is 2.29. The van der Waals surface area contributed by atoms with Gasteiger partial charge in [0, 0.05) is 0 Å². The van der Waals surface area contributed by atoms with Gasteiger partial charge in [0.05, 0.1) is 5.56 Å². The van der Waals surface area contributed by atoms with E-state index >= 15 is 0 Å². The van der Waals surface area contributed by atoms with Crippen LogP contribution in [0.15, 0.2) is 48.5 Å². The second-order valence-corrected chi connectivity index (χ2v) is 3.61. The molecule has 0 aliphatic heterocycles. The highest BCUT2D eigenvalue weighted by molar-refractivity contribution is 5.94. The van der Waals surface area contributed by atoms with Gasteiger partial charge in [-0.25, -0.2) is 4.39 Å². The van der Waals surface area contributed by atoms with Crippen LogP contribution in [-0.2, 0) is 0 Å². The molecule has 0 amide bonds. The minimum atomic E-state index is -0.449. The molecular formula is C14H11FO. The van der Waals surface area contributed by atoms with Crippen LogP contribution in [0, 0.1) is 5.82 Å². The molecule has 0 saturated carbocycles. The number of hydrogen-bond acceptors (Lipinski definition) is 1. The maximum absolute atomic E-state index is 12.6. The molecule has 0 radical (unpaired) electrons. The van der Waals surface area contributed by atoms with Gasteiger partial charge < -0.3 is 0 Å². The fourth-order valence-corrected chi connectivity index (χ4v) is 1.41. The normalized spacial score (nSPS) is 10.1. The Hall–Kier alpha value is -1.96. The van der Waals surface area contributed by atoms with E-state index in [-0.39, 0.29) is 11.3 Å². The molecule has 0 saturated heterocycles. The minimum absolute atomic E-state index is 0.155. The average molecular weight is 214 g/mol. The molecule has 0 aromatic heterocycles. The number of halogens is 1. The highest BCUT2D eigenvalue weighted by Gasteiger charge is 2.04. The van der Waals surface area contributed by atoms with Gasteiger partial charge in [0.1, 0.15) is 5.82 Å². The molecule has 0 atom stereocenters. The second kappa shape index (κ2) is 4.27.